The van der Waals surface area contributed by atoms with E-state index in [9.17, 15) is 14.4 Å². The van der Waals surface area contributed by atoms with Crippen LogP contribution >= 0.6 is 0 Å². The highest BCUT2D eigenvalue weighted by Crippen LogP contribution is 2.14. The van der Waals surface area contributed by atoms with Crippen molar-refractivity contribution in [1.82, 2.24) is 19.8 Å². The van der Waals surface area contributed by atoms with E-state index in [0.29, 0.717) is 41.1 Å². The van der Waals surface area contributed by atoms with Crippen LogP contribution in [0, 0.1) is 6.92 Å². The van der Waals surface area contributed by atoms with Crippen LogP contribution in [0.4, 0.5) is 0 Å². The van der Waals surface area contributed by atoms with Crippen LogP contribution in [0.3, 0.4) is 0 Å². The molecule has 0 fully saturated rings. The zero-order chi connectivity index (χ0) is 21.0. The summed E-state index contributed by atoms with van der Waals surface area (Å²) in [6.45, 7) is 6.39. The molecule has 150 valence electrons. The number of carbonyl (C=O) groups is 2. The minimum Gasteiger partial charge on any atom is -0.355 e. The van der Waals surface area contributed by atoms with Crippen LogP contribution in [-0.4, -0.2) is 45.9 Å². The Morgan fingerprint density at radius 2 is 1.76 bits per heavy atom. The molecule has 2 amide bonds. The van der Waals surface area contributed by atoms with Gasteiger partial charge in [0.15, 0.2) is 0 Å². The third kappa shape index (κ3) is 4.18. The number of likely N-dealkylation sites (N-methyl/N-ethyl adjacent to an activating group) is 2. The first-order valence-corrected chi connectivity index (χ1v) is 9.61. The predicted molar refractivity (Wildman–Crippen MR) is 112 cm³/mol. The molecule has 7 heteroatoms. The monoisotopic (exact) mass is 392 g/mol. The van der Waals surface area contributed by atoms with Crippen molar-refractivity contribution in [2.75, 3.05) is 19.6 Å². The number of rotatable bonds is 6. The fraction of sp³-hybridized carbons (Fsp3) is 0.273. The van der Waals surface area contributed by atoms with E-state index in [1.165, 1.54) is 9.47 Å². The van der Waals surface area contributed by atoms with Crippen LogP contribution in [0.1, 0.15) is 30.0 Å². The summed E-state index contributed by atoms with van der Waals surface area (Å²) in [5.74, 6) is 0.147. The SMILES string of the molecule is CCNC(=O)CN(CC)C(=O)c1ccc(-n2c(C)nc3ccccc3c2=O)cc1. The fourth-order valence-electron chi connectivity index (χ4n) is 3.24. The lowest BCUT2D eigenvalue weighted by Crippen LogP contribution is -2.40. The second-order valence-corrected chi connectivity index (χ2v) is 6.64. The Bertz CT molecular complexity index is 1100. The lowest BCUT2D eigenvalue weighted by Gasteiger charge is -2.20. The first-order chi connectivity index (χ1) is 14.0. The Kier molecular flexibility index (Phi) is 6.07. The molecule has 0 radical (unpaired) electrons. The van der Waals surface area contributed by atoms with Gasteiger partial charge in [-0.05, 0) is 57.2 Å². The van der Waals surface area contributed by atoms with Gasteiger partial charge in [-0.25, -0.2) is 4.98 Å². The molecule has 0 unspecified atom stereocenters. The van der Waals surface area contributed by atoms with Crippen molar-refractivity contribution in [3.8, 4) is 5.69 Å². The smallest absolute Gasteiger partial charge is 0.265 e. The number of fused-ring (bicyclic) bond motifs is 1. The summed E-state index contributed by atoms with van der Waals surface area (Å²) in [5.41, 5.74) is 1.59. The third-order valence-electron chi connectivity index (χ3n) is 4.69. The van der Waals surface area contributed by atoms with Crippen molar-refractivity contribution in [3.05, 3.63) is 70.3 Å². The maximum atomic E-state index is 12.9. The predicted octanol–water partition coefficient (Wildman–Crippen LogP) is 2.29. The van der Waals surface area contributed by atoms with Crippen LogP contribution in [0.5, 0.6) is 0 Å². The number of aromatic nitrogens is 2. The lowest BCUT2D eigenvalue weighted by molar-refractivity contribution is -0.121. The quantitative estimate of drug-likeness (QED) is 0.698. The number of aryl methyl sites for hydroxylation is 1. The third-order valence-corrected chi connectivity index (χ3v) is 4.69. The fourth-order valence-corrected chi connectivity index (χ4v) is 3.24. The van der Waals surface area contributed by atoms with E-state index in [0.717, 1.165) is 0 Å². The maximum Gasteiger partial charge on any atom is 0.265 e. The summed E-state index contributed by atoms with van der Waals surface area (Å²) in [7, 11) is 0. The average Bonchev–Trinajstić information content (AvgIpc) is 2.72. The summed E-state index contributed by atoms with van der Waals surface area (Å²) < 4.78 is 1.53. The van der Waals surface area contributed by atoms with Gasteiger partial charge in [0.2, 0.25) is 5.91 Å². The molecule has 1 N–H and O–H groups in total. The number of nitrogens with zero attached hydrogens (tertiary/aromatic N) is 3. The maximum absolute atomic E-state index is 12.9. The summed E-state index contributed by atoms with van der Waals surface area (Å²) in [6.07, 6.45) is 0. The van der Waals surface area contributed by atoms with Crippen molar-refractivity contribution in [2.45, 2.75) is 20.8 Å². The molecule has 29 heavy (non-hydrogen) atoms. The van der Waals surface area contributed by atoms with Gasteiger partial charge in [-0.15, -0.1) is 0 Å². The number of para-hydroxylation sites is 1. The summed E-state index contributed by atoms with van der Waals surface area (Å²) >= 11 is 0. The highest BCUT2D eigenvalue weighted by molar-refractivity contribution is 5.96. The van der Waals surface area contributed by atoms with E-state index in [1.54, 1.807) is 43.3 Å². The van der Waals surface area contributed by atoms with Crippen LogP contribution in [0.2, 0.25) is 0 Å². The molecular weight excluding hydrogens is 368 g/mol. The molecule has 0 atom stereocenters. The van der Waals surface area contributed by atoms with Crippen molar-refractivity contribution >= 4 is 22.7 Å². The van der Waals surface area contributed by atoms with E-state index in [4.69, 9.17) is 0 Å². The number of carbonyl (C=O) groups excluding carboxylic acids is 2. The van der Waals surface area contributed by atoms with E-state index in [-0.39, 0.29) is 23.9 Å². The summed E-state index contributed by atoms with van der Waals surface area (Å²) in [5, 5.41) is 3.24. The largest absolute Gasteiger partial charge is 0.355 e. The Hall–Kier alpha value is -3.48. The topological polar surface area (TPSA) is 84.3 Å². The van der Waals surface area contributed by atoms with Gasteiger partial charge in [0.1, 0.15) is 5.82 Å². The first kappa shape index (κ1) is 20.3. The van der Waals surface area contributed by atoms with E-state index in [2.05, 4.69) is 10.3 Å². The van der Waals surface area contributed by atoms with Gasteiger partial charge in [0.25, 0.3) is 11.5 Å². The Balaban J connectivity index is 1.91. The minimum absolute atomic E-state index is 0.0120. The second-order valence-electron chi connectivity index (χ2n) is 6.64. The molecule has 0 spiro atoms. The Morgan fingerprint density at radius 3 is 2.41 bits per heavy atom. The van der Waals surface area contributed by atoms with Gasteiger partial charge in [0, 0.05) is 18.7 Å². The second kappa shape index (κ2) is 8.68. The van der Waals surface area contributed by atoms with Crippen LogP contribution in [-0.2, 0) is 4.79 Å². The molecular formula is C22H24N4O3. The molecule has 1 aromatic heterocycles. The van der Waals surface area contributed by atoms with Gasteiger partial charge >= 0.3 is 0 Å². The van der Waals surface area contributed by atoms with Gasteiger partial charge in [0.05, 0.1) is 23.1 Å². The molecule has 0 saturated heterocycles. The number of hydrogen-bond acceptors (Lipinski definition) is 4. The number of benzene rings is 2. The highest BCUT2D eigenvalue weighted by Gasteiger charge is 2.17. The van der Waals surface area contributed by atoms with Gasteiger partial charge in [-0.2, -0.15) is 0 Å². The van der Waals surface area contributed by atoms with Crippen molar-refractivity contribution < 1.29 is 9.59 Å². The number of amides is 2. The Labute approximate surface area is 169 Å². The highest BCUT2D eigenvalue weighted by atomic mass is 16.2. The van der Waals surface area contributed by atoms with Gasteiger partial charge in [-0.3, -0.25) is 19.0 Å². The number of nitrogens with one attached hydrogen (secondary N) is 1. The van der Waals surface area contributed by atoms with Crippen molar-refractivity contribution in [3.63, 3.8) is 0 Å². The normalized spacial score (nSPS) is 10.7. The van der Waals surface area contributed by atoms with E-state index in [1.807, 2.05) is 26.0 Å². The molecule has 3 rings (SSSR count). The average molecular weight is 392 g/mol. The zero-order valence-electron chi connectivity index (χ0n) is 16.8. The molecule has 2 aromatic carbocycles. The molecule has 7 nitrogen and oxygen atoms in total. The summed E-state index contributed by atoms with van der Waals surface area (Å²) in [4.78, 5) is 43.5. The minimum atomic E-state index is -0.231. The van der Waals surface area contributed by atoms with Gasteiger partial charge < -0.3 is 10.2 Å². The molecule has 0 bridgehead atoms. The van der Waals surface area contributed by atoms with Crippen LogP contribution in [0.15, 0.2) is 53.3 Å². The zero-order valence-corrected chi connectivity index (χ0v) is 16.8. The molecule has 1 heterocycles. The van der Waals surface area contributed by atoms with Crippen LogP contribution in [0.25, 0.3) is 16.6 Å². The number of hydrogen-bond donors (Lipinski definition) is 1. The van der Waals surface area contributed by atoms with Crippen molar-refractivity contribution in [1.29, 1.82) is 0 Å². The standard InChI is InChI=1S/C22H24N4O3/c1-4-23-20(27)14-25(5-2)21(28)16-10-12-17(13-11-16)26-15(3)24-19-9-7-6-8-18(19)22(26)29/h6-13H,4-5,14H2,1-3H3,(H,23,27). The molecule has 0 aliphatic rings. The lowest BCUT2D eigenvalue weighted by atomic mass is 10.1. The Morgan fingerprint density at radius 1 is 1.07 bits per heavy atom. The molecule has 0 saturated carbocycles. The molecule has 0 aliphatic heterocycles. The van der Waals surface area contributed by atoms with E-state index < -0.39 is 0 Å². The van der Waals surface area contributed by atoms with Crippen molar-refractivity contribution in [2.24, 2.45) is 0 Å². The van der Waals surface area contributed by atoms with E-state index >= 15 is 0 Å². The van der Waals surface area contributed by atoms with Gasteiger partial charge in [-0.1, -0.05) is 12.1 Å². The van der Waals surface area contributed by atoms with Crippen LogP contribution < -0.4 is 10.9 Å². The first-order valence-electron chi connectivity index (χ1n) is 9.61. The molecule has 0 aliphatic carbocycles. The summed E-state index contributed by atoms with van der Waals surface area (Å²) in [6, 6.07) is 14.0. The molecule has 3 aromatic rings.